The molecule has 2 aromatic heterocycles. The lowest BCUT2D eigenvalue weighted by molar-refractivity contribution is -0.669. The maximum Gasteiger partial charge on any atom is 0.263 e. The molecule has 1 amide bonds. The Morgan fingerprint density at radius 2 is 1.81 bits per heavy atom. The lowest BCUT2D eigenvalue weighted by Gasteiger charge is -2.23. The summed E-state index contributed by atoms with van der Waals surface area (Å²) in [7, 11) is 0. The van der Waals surface area contributed by atoms with E-state index in [4.69, 9.17) is 0 Å². The molecule has 2 N–H and O–H groups in total. The second-order valence-electron chi connectivity index (χ2n) is 13.1. The van der Waals surface area contributed by atoms with Crippen LogP contribution in [0.4, 0.5) is 5.69 Å². The van der Waals surface area contributed by atoms with Crippen LogP contribution in [0.3, 0.4) is 0 Å². The number of benzene rings is 3. The van der Waals surface area contributed by atoms with E-state index in [2.05, 4.69) is 74.6 Å². The zero-order valence-corrected chi connectivity index (χ0v) is 33.6. The van der Waals surface area contributed by atoms with Crippen molar-refractivity contribution in [1.82, 2.24) is 14.1 Å². The first-order valence-corrected chi connectivity index (χ1v) is 21.8. The van der Waals surface area contributed by atoms with Crippen LogP contribution >= 0.6 is 46.6 Å². The number of fused-ring (bicyclic) bond motifs is 3. The molecule has 8 nitrogen and oxygen atoms in total. The van der Waals surface area contributed by atoms with Crippen molar-refractivity contribution in [3.8, 4) is 0 Å². The van der Waals surface area contributed by atoms with Gasteiger partial charge in [0.1, 0.15) is 21.5 Å². The number of hydrogen-bond donors (Lipinski definition) is 2. The van der Waals surface area contributed by atoms with Gasteiger partial charge in [0.25, 0.3) is 5.01 Å². The standard InChI is InChI=1S/C41H43N5O3S4/c1-4-7-20-45-30-14-8-10-16-32(30)51-36(45)24-28-40(48)29(41(28)49)25-37-46(31-15-9-11-17-33(31)52-37)21-13-12-19-42-35(47)18-22-50-34-23-26(5-2)38-39(27(34)6-3)44-53-43-38/h8-11,14-17,23-25H,4-7,12-13,18-22H2,1-3H3,(H-,42,47,48,49)/p+1. The molecule has 2 aliphatic rings. The largest absolute Gasteiger partial charge is 0.506 e. The van der Waals surface area contributed by atoms with Crippen LogP contribution < -0.4 is 14.8 Å². The number of aryl methyl sites for hydroxylation is 3. The number of amides is 1. The summed E-state index contributed by atoms with van der Waals surface area (Å²) in [6.45, 7) is 8.67. The van der Waals surface area contributed by atoms with Gasteiger partial charge in [-0.05, 0) is 67.2 Å². The summed E-state index contributed by atoms with van der Waals surface area (Å²) in [6, 6.07) is 18.7. The lowest BCUT2D eigenvalue weighted by atomic mass is 9.88. The molecule has 3 aromatic carbocycles. The Bertz CT molecular complexity index is 2270. The number of para-hydroxylation sites is 2. The van der Waals surface area contributed by atoms with Crippen molar-refractivity contribution in [2.45, 2.75) is 82.1 Å². The highest BCUT2D eigenvalue weighted by atomic mass is 32.2. The van der Waals surface area contributed by atoms with Crippen LogP contribution in [-0.2, 0) is 29.0 Å². The predicted octanol–water partition coefficient (Wildman–Crippen LogP) is 9.43. The Morgan fingerprint density at radius 3 is 2.62 bits per heavy atom. The molecule has 0 radical (unpaired) electrons. The number of allylic oxidation sites excluding steroid dienone is 3. The second kappa shape index (κ2) is 17.0. The van der Waals surface area contributed by atoms with Crippen molar-refractivity contribution in [2.75, 3.05) is 23.7 Å². The number of rotatable bonds is 16. The number of anilines is 1. The van der Waals surface area contributed by atoms with Gasteiger partial charge in [0, 0.05) is 53.6 Å². The van der Waals surface area contributed by atoms with Crippen LogP contribution in [0.1, 0.15) is 69.0 Å². The van der Waals surface area contributed by atoms with E-state index in [1.165, 1.54) is 27.8 Å². The van der Waals surface area contributed by atoms with Crippen LogP contribution in [0, 0.1) is 0 Å². The maximum absolute atomic E-state index is 13.5. The molecule has 0 atom stereocenters. The number of nitrogens with one attached hydrogen (secondary N) is 1. The van der Waals surface area contributed by atoms with Gasteiger partial charge in [0.2, 0.25) is 17.2 Å². The molecule has 0 saturated carbocycles. The number of aliphatic hydroxyl groups excluding tert-OH is 1. The molecule has 53 heavy (non-hydrogen) atoms. The van der Waals surface area contributed by atoms with Crippen LogP contribution in [0.25, 0.3) is 27.3 Å². The van der Waals surface area contributed by atoms with Crippen molar-refractivity contribution in [1.29, 1.82) is 0 Å². The third-order valence-corrected chi connectivity index (χ3v) is 13.5. The van der Waals surface area contributed by atoms with Gasteiger partial charge >= 0.3 is 0 Å². The summed E-state index contributed by atoms with van der Waals surface area (Å²) in [4.78, 5) is 30.9. The minimum Gasteiger partial charge on any atom is -0.506 e. The number of ketones is 1. The molecule has 0 saturated heterocycles. The van der Waals surface area contributed by atoms with E-state index in [0.717, 1.165) is 93.5 Å². The number of unbranched alkanes of at least 4 members (excludes halogenated alkanes) is 2. The molecule has 12 heteroatoms. The zero-order chi connectivity index (χ0) is 36.9. The summed E-state index contributed by atoms with van der Waals surface area (Å²) in [5.41, 5.74) is 7.42. The molecule has 0 unspecified atom stereocenters. The van der Waals surface area contributed by atoms with Crippen LogP contribution in [0.15, 0.2) is 92.4 Å². The van der Waals surface area contributed by atoms with Crippen molar-refractivity contribution in [3.63, 3.8) is 0 Å². The molecule has 274 valence electrons. The fourth-order valence-electron chi connectivity index (χ4n) is 6.79. The Hall–Kier alpha value is -3.97. The highest BCUT2D eigenvalue weighted by molar-refractivity contribution is 8.03. The fourth-order valence-corrected chi connectivity index (χ4v) is 10.8. The van der Waals surface area contributed by atoms with Crippen LogP contribution in [0.2, 0.25) is 0 Å². The van der Waals surface area contributed by atoms with E-state index < -0.39 is 0 Å². The van der Waals surface area contributed by atoms with Gasteiger partial charge in [-0.3, -0.25) is 9.59 Å². The molecule has 0 spiro atoms. The highest BCUT2D eigenvalue weighted by Gasteiger charge is 2.36. The van der Waals surface area contributed by atoms with Gasteiger partial charge in [-0.25, -0.2) is 0 Å². The molecule has 0 fully saturated rings. The molecule has 0 bridgehead atoms. The van der Waals surface area contributed by atoms with E-state index >= 15 is 0 Å². The molecular formula is C41H44N5O3S4+. The number of hydrogen-bond acceptors (Lipinski definition) is 10. The lowest BCUT2D eigenvalue weighted by Crippen LogP contribution is -2.36. The molecular weight excluding hydrogens is 739 g/mol. The first-order valence-electron chi connectivity index (χ1n) is 18.5. The summed E-state index contributed by atoms with van der Waals surface area (Å²) in [5.74, 6) is 0.690. The van der Waals surface area contributed by atoms with E-state index in [-0.39, 0.29) is 17.4 Å². The molecule has 1 aliphatic carbocycles. The SMILES string of the molecule is CCCCN1/C(=C/C2=C(O)C(=C/c3sc4ccccc4[n+]3CCCCNC(=O)CCSc3cc(CC)c4nsnc4c3CC)/C2=O)Sc2ccccc21. The van der Waals surface area contributed by atoms with Crippen LogP contribution in [-0.4, -0.2) is 44.4 Å². The average Bonchev–Trinajstić information content (AvgIpc) is 3.90. The highest BCUT2D eigenvalue weighted by Crippen LogP contribution is 2.47. The van der Waals surface area contributed by atoms with Crippen molar-refractivity contribution in [2.24, 2.45) is 0 Å². The van der Waals surface area contributed by atoms with Gasteiger partial charge in [0.05, 0.1) is 33.6 Å². The number of thioether (sulfide) groups is 2. The van der Waals surface area contributed by atoms with Crippen LogP contribution in [0.5, 0.6) is 0 Å². The van der Waals surface area contributed by atoms with Gasteiger partial charge in [-0.2, -0.15) is 13.3 Å². The maximum atomic E-state index is 13.5. The summed E-state index contributed by atoms with van der Waals surface area (Å²) in [6.07, 6.45) is 9.74. The Kier molecular flexibility index (Phi) is 12.0. The molecule has 1 aliphatic heterocycles. The minimum atomic E-state index is -0.135. The minimum absolute atomic E-state index is 0.0526. The fraction of sp³-hybridized carbons (Fsp3) is 0.341. The predicted molar refractivity (Wildman–Crippen MR) is 221 cm³/mol. The summed E-state index contributed by atoms with van der Waals surface area (Å²) in [5, 5.41) is 16.2. The van der Waals surface area contributed by atoms with Gasteiger partial charge < -0.3 is 15.3 Å². The number of carbonyl (C=O) groups is 2. The van der Waals surface area contributed by atoms with E-state index in [0.29, 0.717) is 29.9 Å². The molecule has 5 aromatic rings. The van der Waals surface area contributed by atoms with Crippen molar-refractivity contribution >= 4 is 91.3 Å². The quantitative estimate of drug-likeness (QED) is 0.0442. The smallest absolute Gasteiger partial charge is 0.263 e. The third kappa shape index (κ3) is 7.83. The number of carbonyl (C=O) groups excluding carboxylic acids is 2. The van der Waals surface area contributed by atoms with E-state index in [9.17, 15) is 14.7 Å². The number of nitrogens with zero attached hydrogens (tertiary/aromatic N) is 4. The van der Waals surface area contributed by atoms with Gasteiger partial charge in [-0.1, -0.05) is 74.6 Å². The normalized spacial score (nSPS) is 15.7. The number of aromatic nitrogens is 3. The zero-order valence-electron chi connectivity index (χ0n) is 30.3. The van der Waals surface area contributed by atoms with Crippen molar-refractivity contribution in [3.05, 3.63) is 98.7 Å². The Balaban J connectivity index is 0.963. The Labute approximate surface area is 327 Å². The van der Waals surface area contributed by atoms with E-state index in [1.807, 2.05) is 36.4 Å². The molecule has 7 rings (SSSR count). The Morgan fingerprint density at radius 1 is 1.00 bits per heavy atom. The monoisotopic (exact) mass is 782 g/mol. The van der Waals surface area contributed by atoms with E-state index in [1.54, 1.807) is 34.9 Å². The topological polar surface area (TPSA) is 99.3 Å². The summed E-state index contributed by atoms with van der Waals surface area (Å²) < 4.78 is 12.4. The number of aliphatic hydroxyl groups is 1. The van der Waals surface area contributed by atoms with Crippen molar-refractivity contribution < 1.29 is 19.3 Å². The first-order chi connectivity index (χ1) is 25.9. The third-order valence-electron chi connectivity index (χ3n) is 9.68. The first kappa shape index (κ1) is 37.3. The number of Topliss-reactive ketones (excluding diaryl/α,β-unsaturated/α-hetero) is 1. The second-order valence-corrected chi connectivity index (χ2v) is 16.9. The summed E-state index contributed by atoms with van der Waals surface area (Å²) >= 11 is 6.26. The average molecular weight is 783 g/mol. The van der Waals surface area contributed by atoms with Gasteiger partial charge in [-0.15, -0.1) is 11.8 Å². The van der Waals surface area contributed by atoms with Gasteiger partial charge in [0.15, 0.2) is 6.54 Å². The molecule has 3 heterocycles. The number of thiazole rings is 1.